The number of esters is 1. The van der Waals surface area contributed by atoms with Crippen LogP contribution in [0.2, 0.25) is 4.34 Å². The van der Waals surface area contributed by atoms with Crippen molar-refractivity contribution in [2.24, 2.45) is 0 Å². The second kappa shape index (κ2) is 10.7. The van der Waals surface area contributed by atoms with E-state index in [4.69, 9.17) is 21.1 Å². The zero-order chi connectivity index (χ0) is 22.4. The zero-order valence-corrected chi connectivity index (χ0v) is 18.9. The summed E-state index contributed by atoms with van der Waals surface area (Å²) in [5.74, 6) is -2.72. The van der Waals surface area contributed by atoms with Gasteiger partial charge in [0.25, 0.3) is 0 Å². The molecule has 164 valence electrons. The summed E-state index contributed by atoms with van der Waals surface area (Å²) in [4.78, 5) is 12.3. The topological polar surface area (TPSA) is 35.5 Å². The summed E-state index contributed by atoms with van der Waals surface area (Å²) < 4.78 is 39.9. The minimum absolute atomic E-state index is 0.0156. The molecule has 0 amide bonds. The van der Waals surface area contributed by atoms with E-state index in [1.807, 2.05) is 18.2 Å². The van der Waals surface area contributed by atoms with Gasteiger partial charge in [-0.05, 0) is 48.6 Å². The van der Waals surface area contributed by atoms with Crippen LogP contribution in [0.1, 0.15) is 36.3 Å². The molecular formula is C24H23ClF2O3S. The smallest absolute Gasteiger partial charge is 0.306 e. The van der Waals surface area contributed by atoms with Gasteiger partial charge in [-0.2, -0.15) is 4.39 Å². The molecule has 0 saturated carbocycles. The maximum Gasteiger partial charge on any atom is 0.306 e. The Morgan fingerprint density at radius 3 is 2.48 bits per heavy atom. The lowest BCUT2D eigenvalue weighted by Gasteiger charge is -2.11. The molecule has 0 atom stereocenters. The molecule has 0 aliphatic rings. The minimum atomic E-state index is -1.07. The fraction of sp³-hybridized carbons (Fsp3) is 0.292. The van der Waals surface area contributed by atoms with E-state index in [9.17, 15) is 13.6 Å². The van der Waals surface area contributed by atoms with Crippen LogP contribution in [-0.4, -0.2) is 12.6 Å². The van der Waals surface area contributed by atoms with Gasteiger partial charge < -0.3 is 9.47 Å². The molecule has 0 radical (unpaired) electrons. The molecule has 7 heteroatoms. The van der Waals surface area contributed by atoms with Crippen molar-refractivity contribution in [3.05, 3.63) is 74.4 Å². The first-order chi connectivity index (χ1) is 14.9. The molecule has 31 heavy (non-hydrogen) atoms. The first-order valence-corrected chi connectivity index (χ1v) is 11.2. The molecule has 0 aliphatic carbocycles. The Morgan fingerprint density at radius 2 is 1.81 bits per heavy atom. The number of aryl methyl sites for hydroxylation is 2. The number of rotatable bonds is 9. The van der Waals surface area contributed by atoms with Crippen molar-refractivity contribution in [3.63, 3.8) is 0 Å². The molecule has 3 rings (SSSR count). The minimum Gasteiger partial charge on any atom is -0.485 e. The van der Waals surface area contributed by atoms with E-state index in [-0.39, 0.29) is 37.4 Å². The lowest BCUT2D eigenvalue weighted by molar-refractivity contribution is -0.143. The summed E-state index contributed by atoms with van der Waals surface area (Å²) in [5.41, 5.74) is 3.22. The highest BCUT2D eigenvalue weighted by atomic mass is 35.5. The Kier molecular flexibility index (Phi) is 8.04. The van der Waals surface area contributed by atoms with E-state index in [0.29, 0.717) is 4.34 Å². The molecule has 3 aromatic rings. The van der Waals surface area contributed by atoms with E-state index in [2.05, 4.69) is 19.1 Å². The van der Waals surface area contributed by atoms with Crippen molar-refractivity contribution in [2.75, 3.05) is 6.61 Å². The highest BCUT2D eigenvalue weighted by molar-refractivity contribution is 7.16. The maximum atomic E-state index is 14.5. The van der Waals surface area contributed by atoms with Crippen molar-refractivity contribution >= 4 is 28.9 Å². The summed E-state index contributed by atoms with van der Waals surface area (Å²) in [5, 5.41) is 0. The molecule has 0 N–H and O–H groups in total. The van der Waals surface area contributed by atoms with Crippen LogP contribution >= 0.6 is 22.9 Å². The summed E-state index contributed by atoms with van der Waals surface area (Å²) in [6.45, 7) is 4.09. The number of thiophene rings is 1. The Labute approximate surface area is 189 Å². The van der Waals surface area contributed by atoms with Crippen molar-refractivity contribution < 1.29 is 23.0 Å². The van der Waals surface area contributed by atoms with Crippen LogP contribution in [0.3, 0.4) is 0 Å². The monoisotopic (exact) mass is 464 g/mol. The normalized spacial score (nSPS) is 10.9. The Morgan fingerprint density at radius 1 is 1.06 bits per heavy atom. The van der Waals surface area contributed by atoms with E-state index in [1.165, 1.54) is 29.0 Å². The van der Waals surface area contributed by atoms with Gasteiger partial charge in [-0.15, -0.1) is 11.3 Å². The Balaban J connectivity index is 1.73. The first-order valence-electron chi connectivity index (χ1n) is 10.1. The third-order valence-electron chi connectivity index (χ3n) is 4.84. The van der Waals surface area contributed by atoms with Crippen LogP contribution in [0.15, 0.2) is 42.5 Å². The van der Waals surface area contributed by atoms with Crippen molar-refractivity contribution in [2.45, 2.75) is 39.7 Å². The van der Waals surface area contributed by atoms with Crippen molar-refractivity contribution in [1.29, 1.82) is 0 Å². The molecule has 0 saturated heterocycles. The van der Waals surface area contributed by atoms with Crippen LogP contribution < -0.4 is 4.74 Å². The van der Waals surface area contributed by atoms with E-state index in [1.54, 1.807) is 6.92 Å². The molecular weight excluding hydrogens is 442 g/mol. The first kappa shape index (κ1) is 23.2. The standard InChI is InChI=1S/C24H23ClF2O3S/c1-3-15-5-7-16(8-6-15)18-13-21(25)31-20(18)14-30-19-11-9-17(23(26)24(19)27)10-12-22(28)29-4-2/h5-9,11,13H,3-4,10,12,14H2,1-2H3. The van der Waals surface area contributed by atoms with Gasteiger partial charge in [0.15, 0.2) is 11.6 Å². The van der Waals surface area contributed by atoms with Crippen molar-refractivity contribution in [3.8, 4) is 16.9 Å². The summed E-state index contributed by atoms with van der Waals surface area (Å²) in [6, 6.07) is 12.8. The average Bonchev–Trinajstić information content (AvgIpc) is 3.14. The van der Waals surface area contributed by atoms with Crippen LogP contribution in [0.4, 0.5) is 8.78 Å². The van der Waals surface area contributed by atoms with E-state index >= 15 is 0 Å². The lowest BCUT2D eigenvalue weighted by atomic mass is 10.0. The molecule has 0 spiro atoms. The molecule has 0 aliphatic heterocycles. The molecule has 1 aromatic heterocycles. The highest BCUT2D eigenvalue weighted by Crippen LogP contribution is 2.36. The predicted molar refractivity (Wildman–Crippen MR) is 120 cm³/mol. The van der Waals surface area contributed by atoms with Crippen LogP contribution in [0.25, 0.3) is 11.1 Å². The van der Waals surface area contributed by atoms with Crippen molar-refractivity contribution in [1.82, 2.24) is 0 Å². The van der Waals surface area contributed by atoms with Gasteiger partial charge in [0.1, 0.15) is 6.61 Å². The van der Waals surface area contributed by atoms with Gasteiger partial charge in [-0.25, -0.2) is 4.39 Å². The molecule has 3 nitrogen and oxygen atoms in total. The van der Waals surface area contributed by atoms with E-state index in [0.717, 1.165) is 22.4 Å². The zero-order valence-electron chi connectivity index (χ0n) is 17.3. The molecule has 0 bridgehead atoms. The lowest BCUT2D eigenvalue weighted by Crippen LogP contribution is -2.07. The number of carbonyl (C=O) groups excluding carboxylic acids is 1. The summed E-state index contributed by atoms with van der Waals surface area (Å²) >= 11 is 7.55. The number of halogens is 3. The van der Waals surface area contributed by atoms with Gasteiger partial charge in [-0.3, -0.25) is 4.79 Å². The molecule has 0 unspecified atom stereocenters. The van der Waals surface area contributed by atoms with Gasteiger partial charge in [-0.1, -0.05) is 48.9 Å². The predicted octanol–water partition coefficient (Wildman–Crippen LogP) is 6.98. The quantitative estimate of drug-likeness (QED) is 0.320. The fourth-order valence-corrected chi connectivity index (χ4v) is 4.36. The van der Waals surface area contributed by atoms with Gasteiger partial charge in [0.2, 0.25) is 5.82 Å². The van der Waals surface area contributed by atoms with Crippen LogP contribution in [-0.2, 0) is 29.0 Å². The largest absolute Gasteiger partial charge is 0.485 e. The Hall–Kier alpha value is -2.44. The summed E-state index contributed by atoms with van der Waals surface area (Å²) in [7, 11) is 0. The highest BCUT2D eigenvalue weighted by Gasteiger charge is 2.17. The number of hydrogen-bond acceptors (Lipinski definition) is 4. The fourth-order valence-electron chi connectivity index (χ4n) is 3.16. The number of benzene rings is 2. The third kappa shape index (κ3) is 5.83. The number of ether oxygens (including phenoxy) is 2. The van der Waals surface area contributed by atoms with Crippen LogP contribution in [0, 0.1) is 11.6 Å². The third-order valence-corrected chi connectivity index (χ3v) is 6.08. The molecule has 1 heterocycles. The van der Waals surface area contributed by atoms with Gasteiger partial charge >= 0.3 is 5.97 Å². The Bertz CT molecular complexity index is 1050. The van der Waals surface area contributed by atoms with E-state index < -0.39 is 17.6 Å². The summed E-state index contributed by atoms with van der Waals surface area (Å²) in [6.07, 6.45) is 0.986. The number of hydrogen-bond donors (Lipinski definition) is 0. The molecule has 2 aromatic carbocycles. The second-order valence-corrected chi connectivity index (χ2v) is 8.65. The second-order valence-electron chi connectivity index (χ2n) is 6.88. The van der Waals surface area contributed by atoms with Gasteiger partial charge in [0, 0.05) is 12.0 Å². The average molecular weight is 465 g/mol. The number of carbonyl (C=O) groups is 1. The SMILES string of the molecule is CCOC(=O)CCc1ccc(OCc2sc(Cl)cc2-c2ccc(CC)cc2)c(F)c1F. The van der Waals surface area contributed by atoms with Gasteiger partial charge in [0.05, 0.1) is 15.8 Å². The maximum absolute atomic E-state index is 14.5. The molecule has 0 fully saturated rings. The van der Waals surface area contributed by atoms with Crippen LogP contribution in [0.5, 0.6) is 5.75 Å².